The van der Waals surface area contributed by atoms with Gasteiger partial charge in [0.2, 0.25) is 5.82 Å². The van der Waals surface area contributed by atoms with Gasteiger partial charge in [0, 0.05) is 19.2 Å². The Hall–Kier alpha value is -1.85. The molecule has 0 fully saturated rings. The van der Waals surface area contributed by atoms with Crippen molar-refractivity contribution in [3.8, 4) is 0 Å². The molecule has 6 heteroatoms. The van der Waals surface area contributed by atoms with E-state index in [2.05, 4.69) is 43.3 Å². The molecule has 6 nitrogen and oxygen atoms in total. The minimum absolute atomic E-state index is 0.0148. The van der Waals surface area contributed by atoms with Crippen molar-refractivity contribution < 1.29 is 4.92 Å². The molecule has 0 bridgehead atoms. The standard InChI is InChI=1S/C14H24N4O2/c1-5-9-15-12-7-6-11(18(19)20)13(17-12)16-10-8-14(2,3)4/h6-7H,5,8-10H2,1-4H3,(H2,15,16,17). The Morgan fingerprint density at radius 2 is 1.95 bits per heavy atom. The van der Waals surface area contributed by atoms with Crippen LogP contribution in [0, 0.1) is 15.5 Å². The first-order valence-corrected chi connectivity index (χ1v) is 6.96. The molecule has 0 aliphatic rings. The van der Waals surface area contributed by atoms with Gasteiger partial charge >= 0.3 is 5.69 Å². The van der Waals surface area contributed by atoms with E-state index in [-0.39, 0.29) is 11.1 Å². The zero-order valence-electron chi connectivity index (χ0n) is 12.7. The Bertz CT molecular complexity index is 455. The molecule has 0 saturated carbocycles. The summed E-state index contributed by atoms with van der Waals surface area (Å²) in [7, 11) is 0. The SMILES string of the molecule is CCCNc1ccc([N+](=O)[O-])c(NCCC(C)(C)C)n1. The molecule has 2 N–H and O–H groups in total. The van der Waals surface area contributed by atoms with Crippen LogP contribution in [0.3, 0.4) is 0 Å². The number of anilines is 2. The maximum atomic E-state index is 11.0. The molecule has 0 atom stereocenters. The molecule has 20 heavy (non-hydrogen) atoms. The molecule has 0 radical (unpaired) electrons. The zero-order chi connectivity index (χ0) is 15.2. The Morgan fingerprint density at radius 3 is 2.50 bits per heavy atom. The molecule has 1 rings (SSSR count). The predicted molar refractivity (Wildman–Crippen MR) is 82.2 cm³/mol. The van der Waals surface area contributed by atoms with E-state index in [1.165, 1.54) is 6.07 Å². The average molecular weight is 280 g/mol. The third-order valence-corrected chi connectivity index (χ3v) is 2.79. The van der Waals surface area contributed by atoms with Gasteiger partial charge in [-0.1, -0.05) is 27.7 Å². The fraction of sp³-hybridized carbons (Fsp3) is 0.643. The molecule has 0 aromatic carbocycles. The summed E-state index contributed by atoms with van der Waals surface area (Å²) in [5.41, 5.74) is 0.195. The summed E-state index contributed by atoms with van der Waals surface area (Å²) < 4.78 is 0. The first-order valence-electron chi connectivity index (χ1n) is 6.96. The summed E-state index contributed by atoms with van der Waals surface area (Å²) >= 11 is 0. The van der Waals surface area contributed by atoms with Crippen molar-refractivity contribution in [2.45, 2.75) is 40.5 Å². The van der Waals surface area contributed by atoms with Crippen molar-refractivity contribution in [1.29, 1.82) is 0 Å². The number of nitrogens with one attached hydrogen (secondary N) is 2. The molecule has 0 aliphatic heterocycles. The van der Waals surface area contributed by atoms with Crippen LogP contribution in [0.25, 0.3) is 0 Å². The van der Waals surface area contributed by atoms with Gasteiger partial charge < -0.3 is 10.6 Å². The fourth-order valence-corrected chi connectivity index (χ4v) is 1.64. The van der Waals surface area contributed by atoms with E-state index >= 15 is 0 Å². The lowest BCUT2D eigenvalue weighted by Crippen LogP contribution is -2.14. The van der Waals surface area contributed by atoms with Crippen LogP contribution >= 0.6 is 0 Å². The molecule has 1 aromatic rings. The largest absolute Gasteiger partial charge is 0.370 e. The van der Waals surface area contributed by atoms with Crippen LogP contribution in [-0.2, 0) is 0 Å². The Kier molecular flexibility index (Phi) is 5.73. The van der Waals surface area contributed by atoms with E-state index in [1.54, 1.807) is 6.07 Å². The lowest BCUT2D eigenvalue weighted by Gasteiger charge is -2.18. The third-order valence-electron chi connectivity index (χ3n) is 2.79. The lowest BCUT2D eigenvalue weighted by atomic mass is 9.92. The van der Waals surface area contributed by atoms with Gasteiger partial charge in [-0.3, -0.25) is 10.1 Å². The number of aromatic nitrogens is 1. The minimum Gasteiger partial charge on any atom is -0.370 e. The van der Waals surface area contributed by atoms with Crippen LogP contribution < -0.4 is 10.6 Å². The van der Waals surface area contributed by atoms with Crippen molar-refractivity contribution in [3.05, 3.63) is 22.2 Å². The first-order chi connectivity index (χ1) is 9.33. The molecular weight excluding hydrogens is 256 g/mol. The van der Waals surface area contributed by atoms with Crippen molar-refractivity contribution in [2.24, 2.45) is 5.41 Å². The van der Waals surface area contributed by atoms with E-state index in [9.17, 15) is 10.1 Å². The number of pyridine rings is 1. The van der Waals surface area contributed by atoms with E-state index in [0.717, 1.165) is 19.4 Å². The number of hydrogen-bond donors (Lipinski definition) is 2. The first kappa shape index (κ1) is 16.2. The van der Waals surface area contributed by atoms with Gasteiger partial charge in [-0.05, 0) is 24.3 Å². The molecular formula is C14H24N4O2. The van der Waals surface area contributed by atoms with E-state index in [4.69, 9.17) is 0 Å². The molecule has 0 spiro atoms. The van der Waals surface area contributed by atoms with E-state index in [0.29, 0.717) is 18.2 Å². The fourth-order valence-electron chi connectivity index (χ4n) is 1.64. The highest BCUT2D eigenvalue weighted by Crippen LogP contribution is 2.25. The quantitative estimate of drug-likeness (QED) is 0.588. The van der Waals surface area contributed by atoms with Gasteiger partial charge in [0.1, 0.15) is 5.82 Å². The van der Waals surface area contributed by atoms with Crippen LogP contribution in [0.15, 0.2) is 12.1 Å². The van der Waals surface area contributed by atoms with Gasteiger partial charge in [-0.25, -0.2) is 4.98 Å². The van der Waals surface area contributed by atoms with Crippen molar-refractivity contribution >= 4 is 17.3 Å². The van der Waals surface area contributed by atoms with Crippen LogP contribution in [0.1, 0.15) is 40.5 Å². The van der Waals surface area contributed by atoms with Gasteiger partial charge in [0.05, 0.1) is 4.92 Å². The highest BCUT2D eigenvalue weighted by Gasteiger charge is 2.17. The summed E-state index contributed by atoms with van der Waals surface area (Å²) in [5, 5.41) is 17.2. The Balaban J connectivity index is 2.80. The minimum atomic E-state index is -0.407. The van der Waals surface area contributed by atoms with Gasteiger partial charge in [-0.2, -0.15) is 0 Å². The van der Waals surface area contributed by atoms with Gasteiger partial charge in [-0.15, -0.1) is 0 Å². The second kappa shape index (κ2) is 7.07. The summed E-state index contributed by atoms with van der Waals surface area (Å²) in [6, 6.07) is 3.13. The zero-order valence-corrected chi connectivity index (χ0v) is 12.7. The van der Waals surface area contributed by atoms with Crippen LogP contribution in [0.5, 0.6) is 0 Å². The molecule has 0 saturated heterocycles. The summed E-state index contributed by atoms with van der Waals surface area (Å²) in [4.78, 5) is 14.9. The van der Waals surface area contributed by atoms with Crippen molar-refractivity contribution in [1.82, 2.24) is 4.98 Å². The van der Waals surface area contributed by atoms with Crippen LogP contribution in [-0.4, -0.2) is 23.0 Å². The van der Waals surface area contributed by atoms with E-state index in [1.807, 2.05) is 0 Å². The third kappa shape index (κ3) is 5.42. The second-order valence-corrected chi connectivity index (χ2v) is 5.99. The van der Waals surface area contributed by atoms with Crippen molar-refractivity contribution in [2.75, 3.05) is 23.7 Å². The number of rotatable bonds is 7. The Morgan fingerprint density at radius 1 is 1.25 bits per heavy atom. The van der Waals surface area contributed by atoms with Crippen LogP contribution in [0.2, 0.25) is 0 Å². The highest BCUT2D eigenvalue weighted by molar-refractivity contribution is 5.60. The molecule has 1 heterocycles. The van der Waals surface area contributed by atoms with Gasteiger partial charge in [0.15, 0.2) is 0 Å². The number of hydrogen-bond acceptors (Lipinski definition) is 5. The molecule has 1 aromatic heterocycles. The normalized spacial score (nSPS) is 11.2. The number of nitrogens with zero attached hydrogens (tertiary/aromatic N) is 2. The highest BCUT2D eigenvalue weighted by atomic mass is 16.6. The van der Waals surface area contributed by atoms with Crippen molar-refractivity contribution in [3.63, 3.8) is 0 Å². The predicted octanol–water partition coefficient (Wildman–Crippen LogP) is 3.66. The maximum absolute atomic E-state index is 11.0. The molecule has 0 amide bonds. The topological polar surface area (TPSA) is 80.1 Å². The number of nitro groups is 1. The lowest BCUT2D eigenvalue weighted by molar-refractivity contribution is -0.384. The smallest absolute Gasteiger partial charge is 0.311 e. The van der Waals surface area contributed by atoms with Gasteiger partial charge in [0.25, 0.3) is 0 Å². The average Bonchev–Trinajstić information content (AvgIpc) is 2.34. The monoisotopic (exact) mass is 280 g/mol. The summed E-state index contributed by atoms with van der Waals surface area (Å²) in [6.07, 6.45) is 1.89. The maximum Gasteiger partial charge on any atom is 0.311 e. The molecule has 112 valence electrons. The second-order valence-electron chi connectivity index (χ2n) is 5.99. The summed E-state index contributed by atoms with van der Waals surface area (Å²) in [6.45, 7) is 9.92. The Labute approximate surface area is 120 Å². The molecule has 0 aliphatic carbocycles. The van der Waals surface area contributed by atoms with Crippen LogP contribution in [0.4, 0.5) is 17.3 Å². The summed E-state index contributed by atoms with van der Waals surface area (Å²) in [5.74, 6) is 0.996. The van der Waals surface area contributed by atoms with E-state index < -0.39 is 4.92 Å². The molecule has 0 unspecified atom stereocenters.